The van der Waals surface area contributed by atoms with E-state index in [1.807, 2.05) is 48.7 Å². The van der Waals surface area contributed by atoms with Gasteiger partial charge < -0.3 is 9.32 Å². The standard InChI is InChI=1S/C18H17ClN2O2S/c1-12(13-5-7-14(19)8-6-13)21(2)17(22)10-15-11-24-18(20-15)16-4-3-9-23-16/h3-9,11-12H,10H2,1-2H3. The van der Waals surface area contributed by atoms with E-state index >= 15 is 0 Å². The van der Waals surface area contributed by atoms with Crippen LogP contribution < -0.4 is 0 Å². The molecule has 0 saturated carbocycles. The van der Waals surface area contributed by atoms with Crippen LogP contribution in [-0.2, 0) is 11.2 Å². The van der Waals surface area contributed by atoms with Gasteiger partial charge in [-0.15, -0.1) is 11.3 Å². The first kappa shape index (κ1) is 16.7. The van der Waals surface area contributed by atoms with Crippen molar-refractivity contribution >= 4 is 28.8 Å². The van der Waals surface area contributed by atoms with E-state index in [1.54, 1.807) is 18.2 Å². The molecule has 3 aromatic rings. The molecule has 1 aromatic carbocycles. The van der Waals surface area contributed by atoms with Crippen molar-refractivity contribution < 1.29 is 9.21 Å². The highest BCUT2D eigenvalue weighted by Gasteiger charge is 2.19. The van der Waals surface area contributed by atoms with Crippen LogP contribution in [0.1, 0.15) is 24.2 Å². The van der Waals surface area contributed by atoms with Crippen molar-refractivity contribution in [1.29, 1.82) is 0 Å². The van der Waals surface area contributed by atoms with Crippen LogP contribution in [0.3, 0.4) is 0 Å². The number of hydrogen-bond acceptors (Lipinski definition) is 4. The van der Waals surface area contributed by atoms with E-state index in [0.717, 1.165) is 22.0 Å². The second-order valence-corrected chi connectivity index (χ2v) is 6.82. The number of hydrogen-bond donors (Lipinski definition) is 0. The first-order valence-corrected chi connectivity index (χ1v) is 8.80. The van der Waals surface area contributed by atoms with Crippen LogP contribution in [0.15, 0.2) is 52.5 Å². The Bertz CT molecular complexity index is 812. The van der Waals surface area contributed by atoms with E-state index in [0.29, 0.717) is 5.02 Å². The molecule has 0 saturated heterocycles. The molecule has 2 aromatic heterocycles. The number of likely N-dealkylation sites (N-methyl/N-ethyl adjacent to an activating group) is 1. The van der Waals surface area contributed by atoms with Gasteiger partial charge in [-0.3, -0.25) is 4.79 Å². The van der Waals surface area contributed by atoms with Gasteiger partial charge in [0.15, 0.2) is 10.8 Å². The topological polar surface area (TPSA) is 46.3 Å². The molecule has 0 bridgehead atoms. The van der Waals surface area contributed by atoms with Crippen LogP contribution in [0, 0.1) is 0 Å². The van der Waals surface area contributed by atoms with Gasteiger partial charge in [0.2, 0.25) is 5.91 Å². The monoisotopic (exact) mass is 360 g/mol. The van der Waals surface area contributed by atoms with Crippen molar-refractivity contribution in [2.24, 2.45) is 0 Å². The minimum atomic E-state index is -0.0297. The Morgan fingerprint density at radius 2 is 2.08 bits per heavy atom. The maximum Gasteiger partial charge on any atom is 0.228 e. The summed E-state index contributed by atoms with van der Waals surface area (Å²) in [5.41, 5.74) is 1.80. The zero-order chi connectivity index (χ0) is 17.1. The Balaban J connectivity index is 1.67. The van der Waals surface area contributed by atoms with Crippen molar-refractivity contribution in [3.63, 3.8) is 0 Å². The number of amides is 1. The van der Waals surface area contributed by atoms with Crippen LogP contribution in [0.25, 0.3) is 10.8 Å². The molecule has 0 aliphatic rings. The molecular weight excluding hydrogens is 344 g/mol. The van der Waals surface area contributed by atoms with E-state index in [9.17, 15) is 4.79 Å². The quantitative estimate of drug-likeness (QED) is 0.655. The van der Waals surface area contributed by atoms with Crippen molar-refractivity contribution in [3.05, 3.63) is 64.3 Å². The van der Waals surface area contributed by atoms with Gasteiger partial charge in [0.25, 0.3) is 0 Å². The van der Waals surface area contributed by atoms with E-state index < -0.39 is 0 Å². The maximum atomic E-state index is 12.5. The van der Waals surface area contributed by atoms with Gasteiger partial charge in [0, 0.05) is 17.5 Å². The van der Waals surface area contributed by atoms with Gasteiger partial charge >= 0.3 is 0 Å². The Kier molecular flexibility index (Phi) is 5.02. The summed E-state index contributed by atoms with van der Waals surface area (Å²) < 4.78 is 5.33. The van der Waals surface area contributed by atoms with Crippen molar-refractivity contribution in [2.75, 3.05) is 7.05 Å². The Morgan fingerprint density at radius 3 is 2.75 bits per heavy atom. The lowest BCUT2D eigenvalue weighted by Crippen LogP contribution is -2.31. The average molecular weight is 361 g/mol. The third-order valence-corrected chi connectivity index (χ3v) is 5.10. The van der Waals surface area contributed by atoms with E-state index in [-0.39, 0.29) is 18.4 Å². The average Bonchev–Trinajstić information content (AvgIpc) is 3.25. The Labute approximate surface area is 149 Å². The van der Waals surface area contributed by atoms with E-state index in [2.05, 4.69) is 4.98 Å². The second kappa shape index (κ2) is 7.20. The number of aromatic nitrogens is 1. The fourth-order valence-electron chi connectivity index (χ4n) is 2.36. The molecule has 1 atom stereocenters. The van der Waals surface area contributed by atoms with Gasteiger partial charge in [0.05, 0.1) is 24.4 Å². The lowest BCUT2D eigenvalue weighted by atomic mass is 10.1. The zero-order valence-corrected chi connectivity index (χ0v) is 15.0. The third kappa shape index (κ3) is 3.68. The molecular formula is C18H17ClN2O2S. The third-order valence-electron chi connectivity index (χ3n) is 3.94. The zero-order valence-electron chi connectivity index (χ0n) is 13.4. The van der Waals surface area contributed by atoms with Gasteiger partial charge in [0.1, 0.15) is 0 Å². The molecule has 4 nitrogen and oxygen atoms in total. The number of halogens is 1. The molecule has 0 aliphatic carbocycles. The Morgan fingerprint density at radius 1 is 1.33 bits per heavy atom. The number of carbonyl (C=O) groups is 1. The first-order chi connectivity index (χ1) is 11.5. The van der Waals surface area contributed by atoms with Gasteiger partial charge in [-0.25, -0.2) is 4.98 Å². The summed E-state index contributed by atoms with van der Waals surface area (Å²) in [6, 6.07) is 11.2. The SMILES string of the molecule is CC(c1ccc(Cl)cc1)N(C)C(=O)Cc1csc(-c2ccco2)n1. The number of carbonyl (C=O) groups excluding carboxylic acids is 1. The number of rotatable bonds is 5. The van der Waals surface area contributed by atoms with Crippen LogP contribution in [0.5, 0.6) is 0 Å². The fraction of sp³-hybridized carbons (Fsp3) is 0.222. The number of nitrogens with zero attached hydrogens (tertiary/aromatic N) is 2. The van der Waals surface area contributed by atoms with E-state index in [4.69, 9.17) is 16.0 Å². The molecule has 0 spiro atoms. The van der Waals surface area contributed by atoms with Gasteiger partial charge in [-0.2, -0.15) is 0 Å². The molecule has 1 amide bonds. The molecule has 0 N–H and O–H groups in total. The fourth-order valence-corrected chi connectivity index (χ4v) is 3.27. The molecule has 3 rings (SSSR count). The summed E-state index contributed by atoms with van der Waals surface area (Å²) in [5, 5.41) is 3.38. The van der Waals surface area contributed by atoms with Crippen molar-refractivity contribution in [3.8, 4) is 10.8 Å². The molecule has 124 valence electrons. The van der Waals surface area contributed by atoms with Crippen LogP contribution in [0.4, 0.5) is 0 Å². The highest BCUT2D eigenvalue weighted by atomic mass is 35.5. The lowest BCUT2D eigenvalue weighted by Gasteiger charge is -2.25. The molecule has 1 unspecified atom stereocenters. The minimum absolute atomic E-state index is 0.0220. The van der Waals surface area contributed by atoms with Gasteiger partial charge in [-0.1, -0.05) is 23.7 Å². The first-order valence-electron chi connectivity index (χ1n) is 7.54. The molecule has 0 aliphatic heterocycles. The Hall–Kier alpha value is -2.11. The highest BCUT2D eigenvalue weighted by molar-refractivity contribution is 7.13. The molecule has 6 heteroatoms. The number of thiazole rings is 1. The smallest absolute Gasteiger partial charge is 0.228 e. The van der Waals surface area contributed by atoms with Gasteiger partial charge in [-0.05, 0) is 36.8 Å². The lowest BCUT2D eigenvalue weighted by molar-refractivity contribution is -0.131. The highest BCUT2D eigenvalue weighted by Crippen LogP contribution is 2.25. The minimum Gasteiger partial charge on any atom is -0.462 e. The summed E-state index contributed by atoms with van der Waals surface area (Å²) in [6.45, 7) is 2.00. The summed E-state index contributed by atoms with van der Waals surface area (Å²) in [4.78, 5) is 18.7. The van der Waals surface area contributed by atoms with Crippen LogP contribution in [0.2, 0.25) is 5.02 Å². The maximum absolute atomic E-state index is 12.5. The predicted molar refractivity (Wildman–Crippen MR) is 96.2 cm³/mol. The second-order valence-electron chi connectivity index (χ2n) is 5.53. The molecule has 24 heavy (non-hydrogen) atoms. The van der Waals surface area contributed by atoms with Crippen molar-refractivity contribution in [1.82, 2.24) is 9.88 Å². The molecule has 0 fully saturated rings. The van der Waals surface area contributed by atoms with E-state index in [1.165, 1.54) is 11.3 Å². The number of furan rings is 1. The predicted octanol–water partition coefficient (Wildman–Crippen LogP) is 4.82. The molecule has 2 heterocycles. The normalized spacial score (nSPS) is 12.1. The summed E-state index contributed by atoms with van der Waals surface area (Å²) in [5.74, 6) is 0.746. The summed E-state index contributed by atoms with van der Waals surface area (Å²) >= 11 is 7.39. The van der Waals surface area contributed by atoms with Crippen LogP contribution in [-0.4, -0.2) is 22.8 Å². The van der Waals surface area contributed by atoms with Crippen molar-refractivity contribution in [2.45, 2.75) is 19.4 Å². The summed E-state index contributed by atoms with van der Waals surface area (Å²) in [7, 11) is 1.81. The molecule has 0 radical (unpaired) electrons. The van der Waals surface area contributed by atoms with Crippen LogP contribution >= 0.6 is 22.9 Å². The number of benzene rings is 1. The summed E-state index contributed by atoms with van der Waals surface area (Å²) in [6.07, 6.45) is 1.88. The largest absolute Gasteiger partial charge is 0.462 e.